The van der Waals surface area contributed by atoms with Crippen molar-refractivity contribution in [3.8, 4) is 0 Å². The van der Waals surface area contributed by atoms with Crippen LogP contribution in [-0.4, -0.2) is 18.2 Å². The summed E-state index contributed by atoms with van der Waals surface area (Å²) in [6.07, 6.45) is 1.67. The molecular formula is C12H18N2O. The molecule has 0 spiro atoms. The van der Waals surface area contributed by atoms with Crippen LogP contribution >= 0.6 is 0 Å². The Hall–Kier alpha value is -1.06. The van der Waals surface area contributed by atoms with Gasteiger partial charge < -0.3 is 16.2 Å². The molecule has 2 atom stereocenters. The average molecular weight is 206 g/mol. The van der Waals surface area contributed by atoms with Gasteiger partial charge in [0.15, 0.2) is 0 Å². The zero-order valence-corrected chi connectivity index (χ0v) is 8.82. The molecule has 1 aliphatic rings. The lowest BCUT2D eigenvalue weighted by Crippen LogP contribution is -2.12. The van der Waals surface area contributed by atoms with E-state index in [9.17, 15) is 5.11 Å². The predicted octanol–water partition coefficient (Wildman–Crippen LogP) is 1.30. The third-order valence-electron chi connectivity index (χ3n) is 3.04. The monoisotopic (exact) mass is 206 g/mol. The maximum Gasteiger partial charge on any atom is 0.0793 e. The van der Waals surface area contributed by atoms with Crippen LogP contribution in [0.5, 0.6) is 0 Å². The van der Waals surface area contributed by atoms with Crippen molar-refractivity contribution in [3.63, 3.8) is 0 Å². The first-order chi connectivity index (χ1) is 7.25. The molecule has 0 aromatic heterocycles. The smallest absolute Gasteiger partial charge is 0.0793 e. The summed E-state index contributed by atoms with van der Waals surface area (Å²) >= 11 is 0. The molecular weight excluding hydrogens is 188 g/mol. The molecule has 0 bridgehead atoms. The van der Waals surface area contributed by atoms with E-state index in [1.54, 1.807) is 0 Å². The second-order valence-corrected chi connectivity index (χ2v) is 4.28. The predicted molar refractivity (Wildman–Crippen MR) is 61.4 cm³/mol. The van der Waals surface area contributed by atoms with Gasteiger partial charge in [-0.25, -0.2) is 0 Å². The van der Waals surface area contributed by atoms with Gasteiger partial charge in [-0.05, 0) is 49.5 Å². The minimum absolute atomic E-state index is 0.351. The number of hydrogen-bond donors (Lipinski definition) is 3. The van der Waals surface area contributed by atoms with E-state index >= 15 is 0 Å². The zero-order valence-electron chi connectivity index (χ0n) is 8.82. The normalized spacial score (nSPS) is 22.9. The molecule has 2 unspecified atom stereocenters. The second kappa shape index (κ2) is 4.64. The molecule has 0 saturated carbocycles. The van der Waals surface area contributed by atoms with Gasteiger partial charge in [0.2, 0.25) is 0 Å². The maximum atomic E-state index is 10.0. The summed E-state index contributed by atoms with van der Waals surface area (Å²) < 4.78 is 0. The number of rotatable bonds is 3. The molecule has 3 heteroatoms. The summed E-state index contributed by atoms with van der Waals surface area (Å²) in [5.74, 6) is 0.609. The van der Waals surface area contributed by atoms with E-state index in [0.29, 0.717) is 5.92 Å². The van der Waals surface area contributed by atoms with Crippen LogP contribution in [-0.2, 0) is 0 Å². The number of anilines is 1. The minimum atomic E-state index is -0.351. The molecule has 2 rings (SSSR count). The van der Waals surface area contributed by atoms with Crippen LogP contribution in [0.1, 0.15) is 24.5 Å². The third kappa shape index (κ3) is 2.70. The molecule has 15 heavy (non-hydrogen) atoms. The lowest BCUT2D eigenvalue weighted by Gasteiger charge is -2.15. The van der Waals surface area contributed by atoms with Crippen LogP contribution in [0.4, 0.5) is 5.69 Å². The number of nitrogen functional groups attached to an aromatic ring is 1. The largest absolute Gasteiger partial charge is 0.399 e. The van der Waals surface area contributed by atoms with Crippen LogP contribution in [0, 0.1) is 5.92 Å². The highest BCUT2D eigenvalue weighted by atomic mass is 16.3. The fraction of sp³-hybridized carbons (Fsp3) is 0.500. The van der Waals surface area contributed by atoms with Crippen molar-refractivity contribution in [3.05, 3.63) is 29.8 Å². The van der Waals surface area contributed by atoms with Crippen LogP contribution in [0.3, 0.4) is 0 Å². The molecule has 3 nitrogen and oxygen atoms in total. The molecule has 0 radical (unpaired) electrons. The highest BCUT2D eigenvalue weighted by Crippen LogP contribution is 2.24. The van der Waals surface area contributed by atoms with Crippen molar-refractivity contribution < 1.29 is 5.11 Å². The van der Waals surface area contributed by atoms with E-state index in [1.165, 1.54) is 6.42 Å². The van der Waals surface area contributed by atoms with E-state index in [1.807, 2.05) is 24.3 Å². The fourth-order valence-electron chi connectivity index (χ4n) is 2.09. The number of hydrogen-bond acceptors (Lipinski definition) is 3. The minimum Gasteiger partial charge on any atom is -0.399 e. The molecule has 0 aliphatic carbocycles. The van der Waals surface area contributed by atoms with Crippen molar-refractivity contribution in [2.24, 2.45) is 5.92 Å². The summed E-state index contributed by atoms with van der Waals surface area (Å²) in [7, 11) is 0. The van der Waals surface area contributed by atoms with Gasteiger partial charge in [0.05, 0.1) is 6.10 Å². The van der Waals surface area contributed by atoms with E-state index in [-0.39, 0.29) is 6.10 Å². The summed E-state index contributed by atoms with van der Waals surface area (Å²) in [6, 6.07) is 7.49. The molecule has 1 fully saturated rings. The highest BCUT2D eigenvalue weighted by Gasteiger charge is 2.19. The van der Waals surface area contributed by atoms with Gasteiger partial charge in [0.25, 0.3) is 0 Å². The molecule has 1 saturated heterocycles. The van der Waals surface area contributed by atoms with Gasteiger partial charge in [0.1, 0.15) is 0 Å². The number of aliphatic hydroxyl groups is 1. The van der Waals surface area contributed by atoms with Gasteiger partial charge in [-0.3, -0.25) is 0 Å². The van der Waals surface area contributed by atoms with Crippen molar-refractivity contribution in [2.45, 2.75) is 18.9 Å². The van der Waals surface area contributed by atoms with Crippen LogP contribution in [0.2, 0.25) is 0 Å². The van der Waals surface area contributed by atoms with Gasteiger partial charge >= 0.3 is 0 Å². The lowest BCUT2D eigenvalue weighted by atomic mass is 9.96. The molecule has 1 heterocycles. The van der Waals surface area contributed by atoms with E-state index in [4.69, 9.17) is 5.73 Å². The quantitative estimate of drug-likeness (QED) is 0.653. The summed E-state index contributed by atoms with van der Waals surface area (Å²) in [6.45, 7) is 2.12. The SMILES string of the molecule is Nc1ccc(C(O)CC2CCNC2)cc1. The Morgan fingerprint density at radius 1 is 1.40 bits per heavy atom. The van der Waals surface area contributed by atoms with E-state index in [2.05, 4.69) is 5.32 Å². The lowest BCUT2D eigenvalue weighted by molar-refractivity contribution is 0.147. The molecule has 1 aliphatic heterocycles. The molecule has 82 valence electrons. The summed E-state index contributed by atoms with van der Waals surface area (Å²) in [5, 5.41) is 13.3. The first kappa shape index (κ1) is 10.5. The molecule has 1 aromatic carbocycles. The Morgan fingerprint density at radius 3 is 2.73 bits per heavy atom. The highest BCUT2D eigenvalue weighted by molar-refractivity contribution is 5.39. The molecule has 4 N–H and O–H groups in total. The Bertz CT molecular complexity index is 304. The topological polar surface area (TPSA) is 58.3 Å². The van der Waals surface area contributed by atoms with Crippen LogP contribution < -0.4 is 11.1 Å². The molecule has 0 amide bonds. The van der Waals surface area contributed by atoms with Gasteiger partial charge in [-0.2, -0.15) is 0 Å². The average Bonchev–Trinajstić information content (AvgIpc) is 2.71. The van der Waals surface area contributed by atoms with E-state index in [0.717, 1.165) is 30.8 Å². The van der Waals surface area contributed by atoms with E-state index < -0.39 is 0 Å². The summed E-state index contributed by atoms with van der Waals surface area (Å²) in [5.41, 5.74) is 7.31. The van der Waals surface area contributed by atoms with Crippen LogP contribution in [0.25, 0.3) is 0 Å². The Kier molecular flexibility index (Phi) is 3.23. The van der Waals surface area contributed by atoms with Crippen molar-refractivity contribution in [1.29, 1.82) is 0 Å². The third-order valence-corrected chi connectivity index (χ3v) is 3.04. The van der Waals surface area contributed by atoms with Crippen molar-refractivity contribution >= 4 is 5.69 Å². The standard InChI is InChI=1S/C12H18N2O/c13-11-3-1-10(2-4-11)12(15)7-9-5-6-14-8-9/h1-4,9,12,14-15H,5-8,13H2. The zero-order chi connectivity index (χ0) is 10.7. The Balaban J connectivity index is 1.94. The van der Waals surface area contributed by atoms with Gasteiger partial charge in [-0.1, -0.05) is 12.1 Å². The Labute approximate surface area is 90.3 Å². The Morgan fingerprint density at radius 2 is 2.13 bits per heavy atom. The first-order valence-electron chi connectivity index (χ1n) is 5.50. The van der Waals surface area contributed by atoms with Crippen LogP contribution in [0.15, 0.2) is 24.3 Å². The number of nitrogens with one attached hydrogen (secondary N) is 1. The number of benzene rings is 1. The fourth-order valence-corrected chi connectivity index (χ4v) is 2.09. The number of aliphatic hydroxyl groups excluding tert-OH is 1. The van der Waals surface area contributed by atoms with Gasteiger partial charge in [0, 0.05) is 5.69 Å². The maximum absolute atomic E-state index is 10.0. The summed E-state index contributed by atoms with van der Waals surface area (Å²) in [4.78, 5) is 0. The van der Waals surface area contributed by atoms with Crippen molar-refractivity contribution in [2.75, 3.05) is 18.8 Å². The molecule has 1 aromatic rings. The van der Waals surface area contributed by atoms with Gasteiger partial charge in [-0.15, -0.1) is 0 Å². The first-order valence-corrected chi connectivity index (χ1v) is 5.50. The number of nitrogens with two attached hydrogens (primary N) is 1. The second-order valence-electron chi connectivity index (χ2n) is 4.28. The van der Waals surface area contributed by atoms with Crippen molar-refractivity contribution in [1.82, 2.24) is 5.32 Å².